The first-order valence-electron chi connectivity index (χ1n) is 9.56. The number of hydrogen-bond donors (Lipinski definition) is 2. The smallest absolute Gasteiger partial charge is 0.225 e. The molecule has 0 unspecified atom stereocenters. The van der Waals surface area contributed by atoms with Gasteiger partial charge in [-0.3, -0.25) is 0 Å². The van der Waals surface area contributed by atoms with Crippen LogP contribution in [0.1, 0.15) is 42.1 Å². The summed E-state index contributed by atoms with van der Waals surface area (Å²) in [6, 6.07) is 16.3. The van der Waals surface area contributed by atoms with Gasteiger partial charge < -0.3 is 15.4 Å². The first-order chi connectivity index (χ1) is 13.5. The maximum Gasteiger partial charge on any atom is 0.225 e. The predicted octanol–water partition coefficient (Wildman–Crippen LogP) is 5.58. The van der Waals surface area contributed by atoms with Gasteiger partial charge in [0.2, 0.25) is 5.95 Å². The lowest BCUT2D eigenvalue weighted by Crippen LogP contribution is -2.08. The zero-order valence-electron chi connectivity index (χ0n) is 17.2. The van der Waals surface area contributed by atoms with Gasteiger partial charge in [-0.15, -0.1) is 0 Å². The third kappa shape index (κ3) is 4.60. The summed E-state index contributed by atoms with van der Waals surface area (Å²) in [4.78, 5) is 9.19. The lowest BCUT2D eigenvalue weighted by atomic mass is 9.98. The van der Waals surface area contributed by atoms with Crippen molar-refractivity contribution in [1.29, 1.82) is 0 Å². The molecule has 0 fully saturated rings. The Morgan fingerprint density at radius 2 is 1.79 bits per heavy atom. The van der Waals surface area contributed by atoms with Gasteiger partial charge in [0, 0.05) is 29.6 Å². The Kier molecular flexibility index (Phi) is 6.14. The molecule has 146 valence electrons. The van der Waals surface area contributed by atoms with Crippen LogP contribution in [0, 0.1) is 13.8 Å². The maximum absolute atomic E-state index is 5.42. The molecule has 2 aromatic carbocycles. The van der Waals surface area contributed by atoms with Crippen LogP contribution in [0.15, 0.2) is 48.5 Å². The highest BCUT2D eigenvalue weighted by molar-refractivity contribution is 5.66. The molecule has 1 aromatic heterocycles. The lowest BCUT2D eigenvalue weighted by Gasteiger charge is -2.17. The number of nitrogens with zero attached hydrogens (tertiary/aromatic N) is 2. The fourth-order valence-electron chi connectivity index (χ4n) is 3.21. The number of anilines is 3. The van der Waals surface area contributed by atoms with Crippen LogP contribution in [-0.4, -0.2) is 17.1 Å². The number of aromatic nitrogens is 2. The number of rotatable bonds is 7. The normalized spacial score (nSPS) is 10.8. The van der Waals surface area contributed by atoms with E-state index in [-0.39, 0.29) is 0 Å². The Hall–Kier alpha value is -3.08. The van der Waals surface area contributed by atoms with Gasteiger partial charge >= 0.3 is 0 Å². The van der Waals surface area contributed by atoms with Gasteiger partial charge in [0.25, 0.3) is 0 Å². The number of ether oxygens (including phenoxy) is 1. The van der Waals surface area contributed by atoms with E-state index in [1.807, 2.05) is 37.3 Å². The molecule has 2 N–H and O–H groups in total. The van der Waals surface area contributed by atoms with Crippen molar-refractivity contribution in [3.05, 3.63) is 70.9 Å². The van der Waals surface area contributed by atoms with E-state index in [4.69, 9.17) is 4.74 Å². The van der Waals surface area contributed by atoms with Crippen molar-refractivity contribution < 1.29 is 4.74 Å². The van der Waals surface area contributed by atoms with E-state index < -0.39 is 0 Å². The molecule has 3 rings (SSSR count). The number of para-hydroxylation sites is 2. The molecule has 1 heterocycles. The second-order valence-corrected chi connectivity index (χ2v) is 7.20. The van der Waals surface area contributed by atoms with Crippen molar-refractivity contribution in [3.63, 3.8) is 0 Å². The number of benzene rings is 2. The van der Waals surface area contributed by atoms with Crippen LogP contribution in [0.4, 0.5) is 17.5 Å². The van der Waals surface area contributed by atoms with Crippen molar-refractivity contribution in [2.45, 2.75) is 40.2 Å². The molecule has 0 saturated heterocycles. The fraction of sp³-hybridized carbons (Fsp3) is 0.304. The quantitative estimate of drug-likeness (QED) is 0.563. The highest BCUT2D eigenvalue weighted by Gasteiger charge is 2.11. The molecule has 0 aliphatic rings. The van der Waals surface area contributed by atoms with Crippen molar-refractivity contribution in [2.24, 2.45) is 0 Å². The summed E-state index contributed by atoms with van der Waals surface area (Å²) in [7, 11) is 1.68. The molecule has 0 atom stereocenters. The van der Waals surface area contributed by atoms with Crippen molar-refractivity contribution >= 4 is 17.5 Å². The van der Waals surface area contributed by atoms with Gasteiger partial charge in [0.15, 0.2) is 0 Å². The molecule has 5 nitrogen and oxygen atoms in total. The SMILES string of the molecule is COc1ccccc1CNc1nc(C)cc(Nc2c(C)cccc2C(C)C)n1. The second kappa shape index (κ2) is 8.74. The minimum absolute atomic E-state index is 0.425. The van der Waals surface area contributed by atoms with Gasteiger partial charge in [0.1, 0.15) is 11.6 Å². The number of aryl methyl sites for hydroxylation is 2. The molecular weight excluding hydrogens is 348 g/mol. The largest absolute Gasteiger partial charge is 0.496 e. The Bertz CT molecular complexity index is 953. The summed E-state index contributed by atoms with van der Waals surface area (Å²) < 4.78 is 5.42. The zero-order valence-corrected chi connectivity index (χ0v) is 17.2. The van der Waals surface area contributed by atoms with Crippen LogP contribution in [0.5, 0.6) is 5.75 Å². The lowest BCUT2D eigenvalue weighted by molar-refractivity contribution is 0.410. The van der Waals surface area contributed by atoms with Gasteiger partial charge in [-0.1, -0.05) is 50.2 Å². The number of hydrogen-bond acceptors (Lipinski definition) is 5. The van der Waals surface area contributed by atoms with Crippen molar-refractivity contribution in [1.82, 2.24) is 9.97 Å². The first-order valence-corrected chi connectivity index (χ1v) is 9.56. The van der Waals surface area contributed by atoms with Crippen LogP contribution in [0.2, 0.25) is 0 Å². The van der Waals surface area contributed by atoms with Gasteiger partial charge in [-0.05, 0) is 37.0 Å². The van der Waals surface area contributed by atoms with Crippen molar-refractivity contribution in [3.8, 4) is 5.75 Å². The van der Waals surface area contributed by atoms with Crippen molar-refractivity contribution in [2.75, 3.05) is 17.7 Å². The molecule has 3 aromatic rings. The summed E-state index contributed by atoms with van der Waals surface area (Å²) in [5.74, 6) is 2.65. The predicted molar refractivity (Wildman–Crippen MR) is 116 cm³/mol. The third-order valence-corrected chi connectivity index (χ3v) is 4.66. The molecule has 0 amide bonds. The monoisotopic (exact) mass is 376 g/mol. The standard InChI is InChI=1S/C23H28N4O/c1-15(2)19-11-8-9-16(3)22(19)26-21-13-17(4)25-23(27-21)24-14-18-10-6-7-12-20(18)28-5/h6-13,15H,14H2,1-5H3,(H2,24,25,26,27). The second-order valence-electron chi connectivity index (χ2n) is 7.20. The molecule has 0 aliphatic heterocycles. The van der Waals surface area contributed by atoms with E-state index in [9.17, 15) is 0 Å². The maximum atomic E-state index is 5.42. The Labute approximate surface area is 167 Å². The van der Waals surface area contributed by atoms with E-state index in [0.29, 0.717) is 18.4 Å². The number of nitrogens with one attached hydrogen (secondary N) is 2. The fourth-order valence-corrected chi connectivity index (χ4v) is 3.21. The minimum atomic E-state index is 0.425. The Balaban J connectivity index is 1.83. The van der Waals surface area contributed by atoms with Gasteiger partial charge in [-0.25, -0.2) is 4.98 Å². The zero-order chi connectivity index (χ0) is 20.1. The van der Waals surface area contributed by atoms with E-state index in [1.165, 1.54) is 11.1 Å². The molecule has 0 radical (unpaired) electrons. The summed E-state index contributed by atoms with van der Waals surface area (Å²) in [5, 5.41) is 6.82. The van der Waals surface area contributed by atoms with E-state index >= 15 is 0 Å². The summed E-state index contributed by atoms with van der Waals surface area (Å²) >= 11 is 0. The molecule has 0 saturated carbocycles. The average molecular weight is 377 g/mol. The number of methoxy groups -OCH3 is 1. The minimum Gasteiger partial charge on any atom is -0.496 e. The highest BCUT2D eigenvalue weighted by Crippen LogP contribution is 2.30. The Morgan fingerprint density at radius 3 is 2.54 bits per heavy atom. The molecule has 5 heteroatoms. The molecule has 0 spiro atoms. The molecular formula is C23H28N4O. The average Bonchev–Trinajstić information content (AvgIpc) is 2.67. The topological polar surface area (TPSA) is 59.1 Å². The van der Waals surface area contributed by atoms with Crippen LogP contribution in [0.3, 0.4) is 0 Å². The van der Waals surface area contributed by atoms with Crippen LogP contribution < -0.4 is 15.4 Å². The third-order valence-electron chi connectivity index (χ3n) is 4.66. The van der Waals surface area contributed by atoms with E-state index in [2.05, 4.69) is 59.6 Å². The van der Waals surface area contributed by atoms with E-state index in [1.54, 1.807) is 7.11 Å². The summed E-state index contributed by atoms with van der Waals surface area (Å²) in [6.45, 7) is 9.08. The molecule has 0 aliphatic carbocycles. The van der Waals surface area contributed by atoms with Crippen LogP contribution in [-0.2, 0) is 6.54 Å². The van der Waals surface area contributed by atoms with Crippen LogP contribution in [0.25, 0.3) is 0 Å². The Morgan fingerprint density at radius 1 is 1.00 bits per heavy atom. The van der Waals surface area contributed by atoms with Gasteiger partial charge in [0.05, 0.1) is 7.11 Å². The molecule has 0 bridgehead atoms. The summed E-state index contributed by atoms with van der Waals surface area (Å²) in [6.07, 6.45) is 0. The van der Waals surface area contributed by atoms with Crippen LogP contribution >= 0.6 is 0 Å². The summed E-state index contributed by atoms with van der Waals surface area (Å²) in [5.41, 5.74) is 5.56. The van der Waals surface area contributed by atoms with Gasteiger partial charge in [-0.2, -0.15) is 4.98 Å². The van der Waals surface area contributed by atoms with E-state index in [0.717, 1.165) is 28.5 Å². The molecule has 28 heavy (non-hydrogen) atoms. The highest BCUT2D eigenvalue weighted by atomic mass is 16.5. The first kappa shape index (κ1) is 19.7.